The van der Waals surface area contributed by atoms with E-state index in [1.165, 1.54) is 11.1 Å². The summed E-state index contributed by atoms with van der Waals surface area (Å²) in [6, 6.07) is 16.7. The lowest BCUT2D eigenvalue weighted by Gasteiger charge is -2.23. The third-order valence-electron chi connectivity index (χ3n) is 4.74. The Morgan fingerprint density at radius 1 is 0.958 bits per heavy atom. The summed E-state index contributed by atoms with van der Waals surface area (Å²) in [7, 11) is 0. The summed E-state index contributed by atoms with van der Waals surface area (Å²) in [4.78, 5) is 17.3. The van der Waals surface area contributed by atoms with Crippen molar-refractivity contribution < 1.29 is 4.79 Å². The van der Waals surface area contributed by atoms with Crippen molar-refractivity contribution in [1.29, 1.82) is 0 Å². The Morgan fingerprint density at radius 3 is 2.50 bits per heavy atom. The van der Waals surface area contributed by atoms with Crippen LogP contribution in [0.15, 0.2) is 48.5 Å². The van der Waals surface area contributed by atoms with Gasteiger partial charge in [0.1, 0.15) is 0 Å². The SMILES string of the molecule is Cc1ccc(C(=O)N2CCCN(Cc3ccccc3)CC2)c(C)c1. The minimum absolute atomic E-state index is 0.175. The molecule has 0 saturated carbocycles. The van der Waals surface area contributed by atoms with Gasteiger partial charge in [0.25, 0.3) is 5.91 Å². The number of nitrogens with zero attached hydrogens (tertiary/aromatic N) is 2. The summed E-state index contributed by atoms with van der Waals surface area (Å²) in [6.07, 6.45) is 1.03. The molecule has 2 aromatic rings. The van der Waals surface area contributed by atoms with E-state index in [0.29, 0.717) is 0 Å². The molecule has 0 spiro atoms. The molecule has 3 heteroatoms. The van der Waals surface area contributed by atoms with Crippen molar-refractivity contribution in [3.63, 3.8) is 0 Å². The van der Waals surface area contributed by atoms with E-state index in [0.717, 1.165) is 50.3 Å². The van der Waals surface area contributed by atoms with Gasteiger partial charge in [-0.1, -0.05) is 48.0 Å². The highest BCUT2D eigenvalue weighted by Crippen LogP contribution is 2.16. The molecule has 1 aliphatic heterocycles. The summed E-state index contributed by atoms with van der Waals surface area (Å²) in [6.45, 7) is 8.69. The molecule has 3 rings (SSSR count). The van der Waals surface area contributed by atoms with E-state index in [4.69, 9.17) is 0 Å². The fourth-order valence-corrected chi connectivity index (χ4v) is 3.40. The normalized spacial score (nSPS) is 16.0. The smallest absolute Gasteiger partial charge is 0.254 e. The first-order valence-corrected chi connectivity index (χ1v) is 8.76. The van der Waals surface area contributed by atoms with Gasteiger partial charge in [-0.3, -0.25) is 9.69 Å². The number of hydrogen-bond acceptors (Lipinski definition) is 2. The Morgan fingerprint density at radius 2 is 1.75 bits per heavy atom. The van der Waals surface area contributed by atoms with E-state index >= 15 is 0 Å². The molecule has 24 heavy (non-hydrogen) atoms. The van der Waals surface area contributed by atoms with E-state index in [-0.39, 0.29) is 5.91 Å². The standard InChI is InChI=1S/C21H26N2O/c1-17-9-10-20(18(2)15-17)21(24)23-12-6-11-22(13-14-23)16-19-7-4-3-5-8-19/h3-5,7-10,15H,6,11-14,16H2,1-2H3. The van der Waals surface area contributed by atoms with Gasteiger partial charge in [0.2, 0.25) is 0 Å². The van der Waals surface area contributed by atoms with Crippen LogP contribution in [-0.4, -0.2) is 41.9 Å². The van der Waals surface area contributed by atoms with Crippen LogP contribution in [0.25, 0.3) is 0 Å². The number of carbonyl (C=O) groups is 1. The molecule has 2 aromatic carbocycles. The number of amides is 1. The van der Waals surface area contributed by atoms with E-state index in [2.05, 4.69) is 48.2 Å². The second-order valence-corrected chi connectivity index (χ2v) is 6.73. The van der Waals surface area contributed by atoms with Crippen molar-refractivity contribution in [2.24, 2.45) is 0 Å². The molecule has 1 saturated heterocycles. The van der Waals surface area contributed by atoms with Crippen LogP contribution in [0.5, 0.6) is 0 Å². The maximum Gasteiger partial charge on any atom is 0.254 e. The van der Waals surface area contributed by atoms with Crippen molar-refractivity contribution in [3.8, 4) is 0 Å². The molecule has 1 heterocycles. The van der Waals surface area contributed by atoms with Crippen LogP contribution in [0.1, 0.15) is 33.5 Å². The van der Waals surface area contributed by atoms with Crippen molar-refractivity contribution in [1.82, 2.24) is 9.80 Å². The van der Waals surface area contributed by atoms with Crippen LogP contribution in [0.2, 0.25) is 0 Å². The maximum atomic E-state index is 12.9. The van der Waals surface area contributed by atoms with E-state index in [1.54, 1.807) is 0 Å². The van der Waals surface area contributed by atoms with Gasteiger partial charge in [0.05, 0.1) is 0 Å². The summed E-state index contributed by atoms with van der Waals surface area (Å²) >= 11 is 0. The molecule has 0 bridgehead atoms. The minimum Gasteiger partial charge on any atom is -0.337 e. The van der Waals surface area contributed by atoms with Crippen molar-refractivity contribution in [2.45, 2.75) is 26.8 Å². The van der Waals surface area contributed by atoms with Crippen LogP contribution < -0.4 is 0 Å². The maximum absolute atomic E-state index is 12.9. The summed E-state index contributed by atoms with van der Waals surface area (Å²) in [5.74, 6) is 0.175. The third-order valence-corrected chi connectivity index (χ3v) is 4.74. The van der Waals surface area contributed by atoms with Crippen molar-refractivity contribution >= 4 is 5.91 Å². The molecule has 0 radical (unpaired) electrons. The second-order valence-electron chi connectivity index (χ2n) is 6.73. The molecule has 1 aliphatic rings. The molecule has 3 nitrogen and oxygen atoms in total. The van der Waals surface area contributed by atoms with Crippen LogP contribution in [0.3, 0.4) is 0 Å². The van der Waals surface area contributed by atoms with Gasteiger partial charge >= 0.3 is 0 Å². The van der Waals surface area contributed by atoms with Gasteiger partial charge < -0.3 is 4.90 Å². The summed E-state index contributed by atoms with van der Waals surface area (Å²) < 4.78 is 0. The highest BCUT2D eigenvalue weighted by molar-refractivity contribution is 5.95. The Hall–Kier alpha value is -2.13. The van der Waals surface area contributed by atoms with E-state index in [9.17, 15) is 4.79 Å². The molecule has 0 atom stereocenters. The Kier molecular flexibility index (Phi) is 5.31. The highest BCUT2D eigenvalue weighted by atomic mass is 16.2. The monoisotopic (exact) mass is 322 g/mol. The molecular weight excluding hydrogens is 296 g/mol. The third kappa shape index (κ3) is 4.04. The van der Waals surface area contributed by atoms with Crippen molar-refractivity contribution in [2.75, 3.05) is 26.2 Å². The van der Waals surface area contributed by atoms with E-state index in [1.807, 2.05) is 24.0 Å². The van der Waals surface area contributed by atoms with Crippen LogP contribution in [-0.2, 0) is 6.54 Å². The van der Waals surface area contributed by atoms with Gasteiger partial charge in [0, 0.05) is 38.3 Å². The zero-order chi connectivity index (χ0) is 16.9. The molecule has 0 N–H and O–H groups in total. The van der Waals surface area contributed by atoms with Crippen LogP contribution in [0.4, 0.5) is 0 Å². The fourth-order valence-electron chi connectivity index (χ4n) is 3.40. The topological polar surface area (TPSA) is 23.6 Å². The second kappa shape index (κ2) is 7.63. The lowest BCUT2D eigenvalue weighted by atomic mass is 10.0. The summed E-state index contributed by atoms with van der Waals surface area (Å²) in [5.41, 5.74) is 4.46. The number of benzene rings is 2. The average Bonchev–Trinajstić information content (AvgIpc) is 2.81. The van der Waals surface area contributed by atoms with Gasteiger partial charge in [0.15, 0.2) is 0 Å². The van der Waals surface area contributed by atoms with Gasteiger partial charge in [-0.15, -0.1) is 0 Å². The van der Waals surface area contributed by atoms with Crippen LogP contribution >= 0.6 is 0 Å². The van der Waals surface area contributed by atoms with E-state index < -0.39 is 0 Å². The fraction of sp³-hybridized carbons (Fsp3) is 0.381. The Labute approximate surface area is 144 Å². The molecule has 126 valence electrons. The molecule has 0 aliphatic carbocycles. The molecule has 1 fully saturated rings. The first kappa shape index (κ1) is 16.7. The number of hydrogen-bond donors (Lipinski definition) is 0. The van der Waals surface area contributed by atoms with Crippen LogP contribution in [0, 0.1) is 13.8 Å². The lowest BCUT2D eigenvalue weighted by Crippen LogP contribution is -2.35. The Bertz CT molecular complexity index is 696. The zero-order valence-corrected chi connectivity index (χ0v) is 14.7. The molecule has 0 aromatic heterocycles. The predicted octanol–water partition coefficient (Wildman–Crippen LogP) is 3.65. The highest BCUT2D eigenvalue weighted by Gasteiger charge is 2.21. The molecular formula is C21H26N2O. The predicted molar refractivity (Wildman–Crippen MR) is 98.2 cm³/mol. The Balaban J connectivity index is 1.63. The average molecular weight is 322 g/mol. The molecule has 1 amide bonds. The zero-order valence-electron chi connectivity index (χ0n) is 14.7. The minimum atomic E-state index is 0.175. The van der Waals surface area contributed by atoms with Crippen molar-refractivity contribution in [3.05, 3.63) is 70.8 Å². The van der Waals surface area contributed by atoms with Gasteiger partial charge in [-0.25, -0.2) is 0 Å². The number of aryl methyl sites for hydroxylation is 2. The van der Waals surface area contributed by atoms with Gasteiger partial charge in [-0.2, -0.15) is 0 Å². The largest absolute Gasteiger partial charge is 0.337 e. The first-order valence-electron chi connectivity index (χ1n) is 8.76. The quantitative estimate of drug-likeness (QED) is 0.861. The number of rotatable bonds is 3. The lowest BCUT2D eigenvalue weighted by molar-refractivity contribution is 0.0760. The van der Waals surface area contributed by atoms with Gasteiger partial charge in [-0.05, 0) is 37.5 Å². The summed E-state index contributed by atoms with van der Waals surface area (Å²) in [5, 5.41) is 0. The number of carbonyl (C=O) groups excluding carboxylic acids is 1. The molecule has 0 unspecified atom stereocenters. The first-order chi connectivity index (χ1) is 11.6.